The van der Waals surface area contributed by atoms with Gasteiger partial charge in [-0.15, -0.1) is 0 Å². The molecule has 290 valence electrons. The van der Waals surface area contributed by atoms with Gasteiger partial charge in [-0.3, -0.25) is 0 Å². The Labute approximate surface area is 359 Å². The first-order valence-corrected chi connectivity index (χ1v) is 21.3. The molecular formula is C59H38N2O. The number of aromatic nitrogens is 1. The molecule has 3 heteroatoms. The number of nitrogens with zero attached hydrogens (tertiary/aromatic N) is 2. The lowest BCUT2D eigenvalue weighted by Gasteiger charge is -2.34. The molecule has 0 fully saturated rings. The fourth-order valence-corrected chi connectivity index (χ4v) is 10.6. The topological polar surface area (TPSA) is 21.3 Å². The van der Waals surface area contributed by atoms with Crippen molar-refractivity contribution in [2.75, 3.05) is 4.90 Å². The second-order valence-electron chi connectivity index (χ2n) is 16.4. The van der Waals surface area contributed by atoms with Crippen LogP contribution in [0.1, 0.15) is 22.3 Å². The highest BCUT2D eigenvalue weighted by Crippen LogP contribution is 2.57. The molecule has 0 aliphatic heterocycles. The third-order valence-corrected chi connectivity index (χ3v) is 13.2. The molecule has 0 bridgehead atoms. The number of fused-ring (bicyclic) bond motifs is 10. The number of furan rings is 1. The number of hydrogen-bond donors (Lipinski definition) is 0. The number of hydrogen-bond acceptors (Lipinski definition) is 2. The molecule has 0 saturated carbocycles. The molecule has 0 N–H and O–H groups in total. The van der Waals surface area contributed by atoms with Crippen LogP contribution in [0.25, 0.3) is 71.3 Å². The molecule has 0 saturated heterocycles. The van der Waals surface area contributed by atoms with E-state index >= 15 is 0 Å². The molecule has 0 radical (unpaired) electrons. The summed E-state index contributed by atoms with van der Waals surface area (Å²) in [7, 11) is 0. The number of para-hydroxylation sites is 2. The fourth-order valence-electron chi connectivity index (χ4n) is 10.6. The van der Waals surface area contributed by atoms with Gasteiger partial charge in [0.25, 0.3) is 0 Å². The van der Waals surface area contributed by atoms with Gasteiger partial charge in [-0.05, 0) is 99.4 Å². The smallest absolute Gasteiger partial charge is 0.137 e. The van der Waals surface area contributed by atoms with Crippen molar-refractivity contribution in [1.82, 2.24) is 4.57 Å². The maximum absolute atomic E-state index is 6.76. The summed E-state index contributed by atoms with van der Waals surface area (Å²) in [6, 6.07) is 84.0. The molecular weight excluding hydrogens is 753 g/mol. The first-order chi connectivity index (χ1) is 30.8. The van der Waals surface area contributed by atoms with Gasteiger partial charge in [0.15, 0.2) is 0 Å². The first kappa shape index (κ1) is 34.7. The highest BCUT2D eigenvalue weighted by atomic mass is 16.3. The van der Waals surface area contributed by atoms with E-state index in [1.54, 1.807) is 0 Å². The summed E-state index contributed by atoms with van der Waals surface area (Å²) >= 11 is 0. The zero-order chi connectivity index (χ0) is 40.8. The van der Waals surface area contributed by atoms with Crippen molar-refractivity contribution in [1.29, 1.82) is 0 Å². The third kappa shape index (κ3) is 4.94. The maximum Gasteiger partial charge on any atom is 0.137 e. The molecule has 2 aromatic heterocycles. The standard InChI is InChI=1S/C59H38N2O/c1-3-18-40(19-4-1)59(41-20-5-2-6-21-41)52-26-12-9-23-46(52)50-36-42(31-34-53(50)59)60(54-29-15-17-39-16-7-8-22-45(39)54)44-30-33-49-51-37-43(32-35-57(51)62-58(49)38-44)61-55-27-13-10-24-47(55)48-25-11-14-28-56(48)61/h1-38H. The molecule has 0 atom stereocenters. The Kier molecular flexibility index (Phi) is 7.52. The Morgan fingerprint density at radius 2 is 0.968 bits per heavy atom. The number of anilines is 3. The third-order valence-electron chi connectivity index (χ3n) is 13.2. The second-order valence-corrected chi connectivity index (χ2v) is 16.4. The van der Waals surface area contributed by atoms with Gasteiger partial charge in [-0.2, -0.15) is 0 Å². The molecule has 0 spiro atoms. The van der Waals surface area contributed by atoms with Crippen LogP contribution in [0.4, 0.5) is 17.1 Å². The number of rotatable bonds is 6. The molecule has 0 amide bonds. The largest absolute Gasteiger partial charge is 0.456 e. The quantitative estimate of drug-likeness (QED) is 0.167. The van der Waals surface area contributed by atoms with E-state index in [1.807, 2.05) is 0 Å². The Morgan fingerprint density at radius 3 is 1.73 bits per heavy atom. The average Bonchev–Trinajstić information content (AvgIpc) is 3.98. The van der Waals surface area contributed by atoms with Gasteiger partial charge in [-0.25, -0.2) is 0 Å². The Morgan fingerprint density at radius 1 is 0.371 bits per heavy atom. The zero-order valence-corrected chi connectivity index (χ0v) is 33.7. The SMILES string of the molecule is c1ccc(C2(c3ccccc3)c3ccccc3-c3cc(N(c4ccc5c(c4)oc4ccc(-n6c7ccccc7c7ccccc76)cc45)c4cccc5ccccc45)ccc32)cc1. The van der Waals surface area contributed by atoms with Crippen LogP contribution in [0.3, 0.4) is 0 Å². The minimum Gasteiger partial charge on any atom is -0.456 e. The van der Waals surface area contributed by atoms with Gasteiger partial charge >= 0.3 is 0 Å². The minimum atomic E-state index is -0.470. The summed E-state index contributed by atoms with van der Waals surface area (Å²) in [6.07, 6.45) is 0. The lowest BCUT2D eigenvalue weighted by Crippen LogP contribution is -2.28. The van der Waals surface area contributed by atoms with Crippen LogP contribution in [0.5, 0.6) is 0 Å². The van der Waals surface area contributed by atoms with Crippen LogP contribution in [0.2, 0.25) is 0 Å². The van der Waals surface area contributed by atoms with Gasteiger partial charge in [0.2, 0.25) is 0 Å². The van der Waals surface area contributed by atoms with Crippen LogP contribution < -0.4 is 4.90 Å². The molecule has 13 rings (SSSR count). The van der Waals surface area contributed by atoms with E-state index < -0.39 is 5.41 Å². The Balaban J connectivity index is 1.02. The molecule has 1 aliphatic carbocycles. The van der Waals surface area contributed by atoms with Crippen LogP contribution in [0.15, 0.2) is 235 Å². The van der Waals surface area contributed by atoms with E-state index in [0.29, 0.717) is 0 Å². The monoisotopic (exact) mass is 790 g/mol. The van der Waals surface area contributed by atoms with Crippen LogP contribution in [-0.2, 0) is 5.41 Å². The highest BCUT2D eigenvalue weighted by molar-refractivity contribution is 6.11. The van der Waals surface area contributed by atoms with Crippen LogP contribution in [0, 0.1) is 0 Å². The van der Waals surface area contributed by atoms with E-state index in [2.05, 4.69) is 240 Å². The maximum atomic E-state index is 6.76. The zero-order valence-electron chi connectivity index (χ0n) is 33.7. The predicted molar refractivity (Wildman–Crippen MR) is 258 cm³/mol. The summed E-state index contributed by atoms with van der Waals surface area (Å²) in [5, 5.41) is 7.05. The number of benzene rings is 10. The molecule has 0 unspecified atom stereocenters. The summed E-state index contributed by atoms with van der Waals surface area (Å²) in [6.45, 7) is 0. The van der Waals surface area contributed by atoms with E-state index in [9.17, 15) is 0 Å². The summed E-state index contributed by atoms with van der Waals surface area (Å²) in [5.41, 5.74) is 15.5. The van der Waals surface area contributed by atoms with E-state index in [1.165, 1.54) is 66.0 Å². The molecule has 10 aromatic carbocycles. The van der Waals surface area contributed by atoms with Crippen molar-refractivity contribution in [3.63, 3.8) is 0 Å². The second kappa shape index (κ2) is 13.4. The normalized spacial score (nSPS) is 13.0. The minimum absolute atomic E-state index is 0.470. The van der Waals surface area contributed by atoms with Crippen LogP contribution >= 0.6 is 0 Å². The van der Waals surface area contributed by atoms with Crippen molar-refractivity contribution in [2.24, 2.45) is 0 Å². The van der Waals surface area contributed by atoms with E-state index in [-0.39, 0.29) is 0 Å². The van der Waals surface area contributed by atoms with E-state index in [4.69, 9.17) is 4.42 Å². The van der Waals surface area contributed by atoms with Gasteiger partial charge in [0.1, 0.15) is 11.2 Å². The molecule has 62 heavy (non-hydrogen) atoms. The van der Waals surface area contributed by atoms with Crippen molar-refractivity contribution in [3.8, 4) is 16.8 Å². The summed E-state index contributed by atoms with van der Waals surface area (Å²) < 4.78 is 9.13. The molecule has 3 nitrogen and oxygen atoms in total. The van der Waals surface area contributed by atoms with Crippen molar-refractivity contribution < 1.29 is 4.42 Å². The Hall–Kier alpha value is -8.14. The average molecular weight is 791 g/mol. The van der Waals surface area contributed by atoms with Gasteiger partial charge in [0, 0.05) is 50.1 Å². The first-order valence-electron chi connectivity index (χ1n) is 21.3. The lowest BCUT2D eigenvalue weighted by atomic mass is 9.68. The summed E-state index contributed by atoms with van der Waals surface area (Å²) in [5.74, 6) is 0. The van der Waals surface area contributed by atoms with Crippen molar-refractivity contribution in [2.45, 2.75) is 5.41 Å². The lowest BCUT2D eigenvalue weighted by molar-refractivity contribution is 0.669. The molecule has 12 aromatic rings. The highest BCUT2D eigenvalue weighted by Gasteiger charge is 2.46. The van der Waals surface area contributed by atoms with Gasteiger partial charge < -0.3 is 13.9 Å². The molecule has 1 aliphatic rings. The summed E-state index contributed by atoms with van der Waals surface area (Å²) in [4.78, 5) is 2.41. The molecule has 2 heterocycles. The van der Waals surface area contributed by atoms with Gasteiger partial charge in [0.05, 0.1) is 22.1 Å². The van der Waals surface area contributed by atoms with Crippen LogP contribution in [-0.4, -0.2) is 4.57 Å². The van der Waals surface area contributed by atoms with E-state index in [0.717, 1.165) is 44.7 Å². The van der Waals surface area contributed by atoms with Gasteiger partial charge in [-0.1, -0.05) is 164 Å². The predicted octanol–water partition coefficient (Wildman–Crippen LogP) is 15.7. The fraction of sp³-hybridized carbons (Fsp3) is 0.0169. The Bertz CT molecular complexity index is 3610. The van der Waals surface area contributed by atoms with Crippen molar-refractivity contribution in [3.05, 3.63) is 253 Å². The van der Waals surface area contributed by atoms with Crippen molar-refractivity contribution >= 4 is 71.6 Å².